The van der Waals surface area contributed by atoms with Gasteiger partial charge in [-0.25, -0.2) is 4.79 Å². The molecule has 0 spiro atoms. The Kier molecular flexibility index (Phi) is 3.19. The van der Waals surface area contributed by atoms with Crippen LogP contribution in [0.3, 0.4) is 0 Å². The predicted octanol–water partition coefficient (Wildman–Crippen LogP) is 1.37. The van der Waals surface area contributed by atoms with Crippen molar-refractivity contribution in [3.63, 3.8) is 0 Å². The first-order chi connectivity index (χ1) is 8.99. The van der Waals surface area contributed by atoms with Gasteiger partial charge in [-0.2, -0.15) is 5.10 Å². The van der Waals surface area contributed by atoms with Gasteiger partial charge >= 0.3 is 5.97 Å². The summed E-state index contributed by atoms with van der Waals surface area (Å²) in [7, 11) is 0. The van der Waals surface area contributed by atoms with Crippen molar-refractivity contribution in [2.45, 2.75) is 6.92 Å². The number of aromatic amines is 1. The average molecular weight is 261 g/mol. The molecule has 0 aliphatic rings. The maximum Gasteiger partial charge on any atom is 0.335 e. The van der Waals surface area contributed by atoms with E-state index in [9.17, 15) is 14.7 Å². The van der Waals surface area contributed by atoms with Crippen LogP contribution in [0.2, 0.25) is 0 Å². The van der Waals surface area contributed by atoms with Gasteiger partial charge in [0.2, 0.25) is 0 Å². The lowest BCUT2D eigenvalue weighted by atomic mass is 10.1. The van der Waals surface area contributed by atoms with Gasteiger partial charge in [0, 0.05) is 5.69 Å². The normalized spacial score (nSPS) is 10.2. The number of rotatable bonds is 3. The number of aromatic nitrogens is 2. The number of amides is 1. The highest BCUT2D eigenvalue weighted by atomic mass is 16.4. The quantitative estimate of drug-likeness (QED) is 0.623. The molecule has 0 atom stereocenters. The molecule has 7 nitrogen and oxygen atoms in total. The number of hydrogen-bond acceptors (Lipinski definition) is 4. The number of carbonyl (C=O) groups excluding carboxylic acids is 1. The number of phenols is 1. The number of aromatic hydroxyl groups is 1. The maximum atomic E-state index is 11.9. The van der Waals surface area contributed by atoms with Crippen LogP contribution in [0.4, 0.5) is 5.69 Å². The van der Waals surface area contributed by atoms with Crippen molar-refractivity contribution >= 4 is 17.6 Å². The van der Waals surface area contributed by atoms with Crippen LogP contribution in [-0.2, 0) is 0 Å². The summed E-state index contributed by atoms with van der Waals surface area (Å²) < 4.78 is 0. The summed E-state index contributed by atoms with van der Waals surface area (Å²) in [6.07, 6.45) is 1.37. The molecule has 1 aromatic carbocycles. The number of nitrogens with zero attached hydrogens (tertiary/aromatic N) is 1. The molecular weight excluding hydrogens is 250 g/mol. The first-order valence-electron chi connectivity index (χ1n) is 5.36. The molecule has 0 fully saturated rings. The summed E-state index contributed by atoms with van der Waals surface area (Å²) in [4.78, 5) is 22.6. The molecule has 19 heavy (non-hydrogen) atoms. The van der Waals surface area contributed by atoms with Crippen LogP contribution < -0.4 is 5.32 Å². The fourth-order valence-corrected chi connectivity index (χ4v) is 1.54. The number of carboxylic acid groups (broad SMARTS) is 1. The van der Waals surface area contributed by atoms with E-state index in [2.05, 4.69) is 15.5 Å². The second-order valence-electron chi connectivity index (χ2n) is 3.90. The third-order valence-electron chi connectivity index (χ3n) is 2.57. The summed E-state index contributed by atoms with van der Waals surface area (Å²) in [6, 6.07) is 3.69. The number of H-pyrrole nitrogens is 1. The van der Waals surface area contributed by atoms with Crippen LogP contribution in [0, 0.1) is 6.92 Å². The van der Waals surface area contributed by atoms with Crippen LogP contribution >= 0.6 is 0 Å². The predicted molar refractivity (Wildman–Crippen MR) is 66.3 cm³/mol. The molecule has 4 N–H and O–H groups in total. The molecule has 2 aromatic rings. The Balaban J connectivity index is 2.23. The zero-order valence-corrected chi connectivity index (χ0v) is 9.97. The zero-order valence-electron chi connectivity index (χ0n) is 9.97. The molecule has 0 unspecified atom stereocenters. The van der Waals surface area contributed by atoms with Gasteiger partial charge in [-0.05, 0) is 25.1 Å². The van der Waals surface area contributed by atoms with Crippen molar-refractivity contribution in [2.24, 2.45) is 0 Å². The molecule has 2 rings (SSSR count). The second kappa shape index (κ2) is 4.81. The van der Waals surface area contributed by atoms with E-state index >= 15 is 0 Å². The standard InChI is InChI=1S/C12H11N3O4/c1-6-8(5-13-15-6)11(17)14-9-3-2-7(12(18)19)4-10(9)16/h2-5,16H,1H3,(H,13,15)(H,14,17)(H,18,19). The fourth-order valence-electron chi connectivity index (χ4n) is 1.54. The third kappa shape index (κ3) is 2.54. The van der Waals surface area contributed by atoms with Gasteiger partial charge in [-0.3, -0.25) is 9.89 Å². The van der Waals surface area contributed by atoms with E-state index in [0.717, 1.165) is 6.07 Å². The minimum atomic E-state index is -1.15. The number of hydrogen-bond donors (Lipinski definition) is 4. The number of nitrogens with one attached hydrogen (secondary N) is 2. The molecule has 0 saturated carbocycles. The van der Waals surface area contributed by atoms with E-state index in [0.29, 0.717) is 11.3 Å². The van der Waals surface area contributed by atoms with Crippen LogP contribution in [0.15, 0.2) is 24.4 Å². The third-order valence-corrected chi connectivity index (χ3v) is 2.57. The Morgan fingerprint density at radius 3 is 2.63 bits per heavy atom. The van der Waals surface area contributed by atoms with Gasteiger partial charge in [0.25, 0.3) is 5.91 Å². The van der Waals surface area contributed by atoms with Gasteiger partial charge in [0.05, 0.1) is 23.0 Å². The first-order valence-corrected chi connectivity index (χ1v) is 5.36. The Morgan fingerprint density at radius 2 is 2.11 bits per heavy atom. The molecule has 1 aromatic heterocycles. The van der Waals surface area contributed by atoms with Gasteiger partial charge in [-0.1, -0.05) is 0 Å². The van der Waals surface area contributed by atoms with E-state index in [1.165, 1.54) is 18.3 Å². The molecule has 1 amide bonds. The maximum absolute atomic E-state index is 11.9. The molecule has 7 heteroatoms. The van der Waals surface area contributed by atoms with Gasteiger partial charge in [-0.15, -0.1) is 0 Å². The van der Waals surface area contributed by atoms with Gasteiger partial charge < -0.3 is 15.5 Å². The van der Waals surface area contributed by atoms with Gasteiger partial charge in [0.15, 0.2) is 0 Å². The van der Waals surface area contributed by atoms with Crippen LogP contribution in [0.5, 0.6) is 5.75 Å². The van der Waals surface area contributed by atoms with E-state index in [1.807, 2.05) is 0 Å². The number of carbonyl (C=O) groups is 2. The summed E-state index contributed by atoms with van der Waals surface area (Å²) in [5.41, 5.74) is 1.02. The average Bonchev–Trinajstić information content (AvgIpc) is 2.77. The minimum absolute atomic E-state index is 0.0602. The topological polar surface area (TPSA) is 115 Å². The lowest BCUT2D eigenvalue weighted by Gasteiger charge is -2.07. The van der Waals surface area contributed by atoms with Crippen LogP contribution in [0.25, 0.3) is 0 Å². The Labute approximate surface area is 107 Å². The number of carboxylic acids is 1. The molecule has 0 radical (unpaired) electrons. The molecule has 0 bridgehead atoms. The van der Waals surface area contributed by atoms with Crippen molar-refractivity contribution in [1.82, 2.24) is 10.2 Å². The van der Waals surface area contributed by atoms with E-state index in [1.54, 1.807) is 6.92 Å². The Bertz CT molecular complexity index is 648. The van der Waals surface area contributed by atoms with Crippen molar-refractivity contribution in [2.75, 3.05) is 5.32 Å². The highest BCUT2D eigenvalue weighted by Crippen LogP contribution is 2.25. The monoisotopic (exact) mass is 261 g/mol. The summed E-state index contributed by atoms with van der Waals surface area (Å²) in [5, 5.41) is 27.2. The number of aromatic carboxylic acids is 1. The van der Waals surface area contributed by atoms with Crippen LogP contribution in [-0.4, -0.2) is 32.3 Å². The molecule has 98 valence electrons. The highest BCUT2D eigenvalue weighted by molar-refractivity contribution is 6.05. The Morgan fingerprint density at radius 1 is 1.37 bits per heavy atom. The first kappa shape index (κ1) is 12.6. The van der Waals surface area contributed by atoms with Gasteiger partial charge in [0.1, 0.15) is 5.75 Å². The lowest BCUT2D eigenvalue weighted by Crippen LogP contribution is -2.12. The van der Waals surface area contributed by atoms with E-state index < -0.39 is 11.9 Å². The second-order valence-corrected chi connectivity index (χ2v) is 3.90. The minimum Gasteiger partial charge on any atom is -0.506 e. The number of benzene rings is 1. The largest absolute Gasteiger partial charge is 0.506 e. The number of aryl methyl sites for hydroxylation is 1. The molecule has 0 saturated heterocycles. The summed E-state index contributed by atoms with van der Waals surface area (Å²) >= 11 is 0. The van der Waals surface area contributed by atoms with Crippen molar-refractivity contribution in [3.05, 3.63) is 41.2 Å². The van der Waals surface area contributed by atoms with E-state index in [4.69, 9.17) is 5.11 Å². The number of anilines is 1. The van der Waals surface area contributed by atoms with Crippen LogP contribution in [0.1, 0.15) is 26.4 Å². The zero-order chi connectivity index (χ0) is 14.0. The summed E-state index contributed by atoms with van der Waals surface area (Å²) in [6.45, 7) is 1.69. The molecular formula is C12H11N3O4. The van der Waals surface area contributed by atoms with Crippen molar-refractivity contribution in [1.29, 1.82) is 0 Å². The highest BCUT2D eigenvalue weighted by Gasteiger charge is 2.14. The fraction of sp³-hybridized carbons (Fsp3) is 0.0833. The van der Waals surface area contributed by atoms with E-state index in [-0.39, 0.29) is 17.0 Å². The smallest absolute Gasteiger partial charge is 0.335 e. The molecule has 0 aliphatic heterocycles. The Hall–Kier alpha value is -2.83. The van der Waals surface area contributed by atoms with Crippen molar-refractivity contribution < 1.29 is 19.8 Å². The summed E-state index contributed by atoms with van der Waals surface area (Å²) in [5.74, 6) is -1.90. The molecule has 1 heterocycles. The molecule has 0 aliphatic carbocycles. The SMILES string of the molecule is Cc1[nH]ncc1C(=O)Nc1ccc(C(=O)O)cc1O. The van der Waals surface area contributed by atoms with Crippen molar-refractivity contribution in [3.8, 4) is 5.75 Å². The lowest BCUT2D eigenvalue weighted by molar-refractivity contribution is 0.0696. The number of phenolic OH excluding ortho intramolecular Hbond substituents is 1.